The minimum atomic E-state index is 0.874. The molecular weight excluding hydrogens is 400 g/mol. The first-order valence-corrected chi connectivity index (χ1v) is 11.7. The number of aromatic nitrogens is 3. The van der Waals surface area contributed by atoms with Gasteiger partial charge in [-0.25, -0.2) is 0 Å². The number of hydrogen-bond acceptors (Lipinski definition) is 4. The van der Waals surface area contributed by atoms with Gasteiger partial charge >= 0.3 is 0 Å². The van der Waals surface area contributed by atoms with E-state index < -0.39 is 0 Å². The fraction of sp³-hybridized carbons (Fsp3) is 0.192. The molecule has 5 rings (SSSR count). The van der Waals surface area contributed by atoms with E-state index in [4.69, 9.17) is 0 Å². The highest BCUT2D eigenvalue weighted by atomic mass is 32.2. The average Bonchev–Trinajstić information content (AvgIpc) is 3.48. The molecule has 1 aliphatic heterocycles. The molecule has 0 unspecified atom stereocenters. The SMILES string of the molecule is C1=NC(CCCn2c(SCc3ccccc3)nnc2-c2ccc3ccccc3c2)=CC1. The van der Waals surface area contributed by atoms with Gasteiger partial charge in [0.25, 0.3) is 0 Å². The summed E-state index contributed by atoms with van der Waals surface area (Å²) in [5.41, 5.74) is 3.59. The Kier molecular flexibility index (Phi) is 5.94. The Balaban J connectivity index is 1.42. The highest BCUT2D eigenvalue weighted by molar-refractivity contribution is 7.98. The van der Waals surface area contributed by atoms with Crippen LogP contribution in [-0.2, 0) is 12.3 Å². The van der Waals surface area contributed by atoms with Crippen molar-refractivity contribution in [2.24, 2.45) is 4.99 Å². The van der Waals surface area contributed by atoms with Gasteiger partial charge in [-0.15, -0.1) is 10.2 Å². The van der Waals surface area contributed by atoms with Gasteiger partial charge in [0.15, 0.2) is 11.0 Å². The van der Waals surface area contributed by atoms with Crippen molar-refractivity contribution in [2.75, 3.05) is 0 Å². The summed E-state index contributed by atoms with van der Waals surface area (Å²) in [6.45, 7) is 0.874. The van der Waals surface area contributed by atoms with Gasteiger partial charge in [0, 0.05) is 36.2 Å². The van der Waals surface area contributed by atoms with Crippen LogP contribution in [0, 0.1) is 0 Å². The number of benzene rings is 3. The minimum Gasteiger partial charge on any atom is -0.302 e. The van der Waals surface area contributed by atoms with Crippen molar-refractivity contribution in [1.82, 2.24) is 14.8 Å². The molecule has 0 bridgehead atoms. The van der Waals surface area contributed by atoms with E-state index in [1.54, 1.807) is 11.8 Å². The Morgan fingerprint density at radius 3 is 2.55 bits per heavy atom. The number of aliphatic imine (C=N–C) groups is 1. The van der Waals surface area contributed by atoms with E-state index in [0.29, 0.717) is 0 Å². The number of rotatable bonds is 8. The van der Waals surface area contributed by atoms with Gasteiger partial charge in [0.2, 0.25) is 0 Å². The zero-order valence-electron chi connectivity index (χ0n) is 17.3. The fourth-order valence-corrected chi connectivity index (χ4v) is 4.78. The highest BCUT2D eigenvalue weighted by Crippen LogP contribution is 2.29. The van der Waals surface area contributed by atoms with E-state index in [0.717, 1.165) is 48.1 Å². The van der Waals surface area contributed by atoms with E-state index >= 15 is 0 Å². The van der Waals surface area contributed by atoms with Crippen LogP contribution < -0.4 is 0 Å². The molecule has 0 amide bonds. The predicted molar refractivity (Wildman–Crippen MR) is 129 cm³/mol. The molecule has 31 heavy (non-hydrogen) atoms. The first-order valence-electron chi connectivity index (χ1n) is 10.7. The summed E-state index contributed by atoms with van der Waals surface area (Å²) < 4.78 is 2.27. The molecule has 0 N–H and O–H groups in total. The van der Waals surface area contributed by atoms with Gasteiger partial charge < -0.3 is 4.57 Å². The smallest absolute Gasteiger partial charge is 0.191 e. The second kappa shape index (κ2) is 9.31. The van der Waals surface area contributed by atoms with Crippen LogP contribution in [0.3, 0.4) is 0 Å². The van der Waals surface area contributed by atoms with Crippen LogP contribution in [0.15, 0.2) is 94.7 Å². The molecular formula is C26H24N4S. The Morgan fingerprint density at radius 1 is 0.871 bits per heavy atom. The lowest BCUT2D eigenvalue weighted by Crippen LogP contribution is -2.03. The molecule has 0 aliphatic carbocycles. The quantitative estimate of drug-likeness (QED) is 0.302. The Morgan fingerprint density at radius 2 is 1.71 bits per heavy atom. The molecule has 154 valence electrons. The highest BCUT2D eigenvalue weighted by Gasteiger charge is 2.15. The van der Waals surface area contributed by atoms with E-state index in [-0.39, 0.29) is 0 Å². The van der Waals surface area contributed by atoms with E-state index in [9.17, 15) is 0 Å². The summed E-state index contributed by atoms with van der Waals surface area (Å²) in [6, 6.07) is 25.5. The minimum absolute atomic E-state index is 0.874. The predicted octanol–water partition coefficient (Wildman–Crippen LogP) is 6.53. The maximum absolute atomic E-state index is 4.60. The molecule has 0 radical (unpaired) electrons. The number of fused-ring (bicyclic) bond motifs is 1. The third kappa shape index (κ3) is 4.62. The second-order valence-corrected chi connectivity index (χ2v) is 8.58. The monoisotopic (exact) mass is 424 g/mol. The van der Waals surface area contributed by atoms with Crippen LogP contribution in [0.5, 0.6) is 0 Å². The molecule has 5 heteroatoms. The van der Waals surface area contributed by atoms with Crippen LogP contribution in [0.1, 0.15) is 24.8 Å². The van der Waals surface area contributed by atoms with Crippen molar-refractivity contribution < 1.29 is 0 Å². The van der Waals surface area contributed by atoms with Crippen LogP contribution in [0.4, 0.5) is 0 Å². The lowest BCUT2D eigenvalue weighted by molar-refractivity contribution is 0.597. The summed E-state index contributed by atoms with van der Waals surface area (Å²) in [4.78, 5) is 4.46. The zero-order valence-corrected chi connectivity index (χ0v) is 18.1. The molecule has 0 saturated heterocycles. The first-order chi connectivity index (χ1) is 15.4. The molecule has 1 aliphatic rings. The Labute approximate surface area is 186 Å². The molecule has 4 aromatic rings. The number of allylic oxidation sites excluding steroid dienone is 2. The average molecular weight is 425 g/mol. The maximum atomic E-state index is 4.60. The van der Waals surface area contributed by atoms with E-state index in [1.807, 2.05) is 6.21 Å². The van der Waals surface area contributed by atoms with Crippen molar-refractivity contribution in [3.8, 4) is 11.4 Å². The summed E-state index contributed by atoms with van der Waals surface area (Å²) >= 11 is 1.75. The van der Waals surface area contributed by atoms with E-state index in [2.05, 4.69) is 98.6 Å². The van der Waals surface area contributed by atoms with Gasteiger partial charge in [0.1, 0.15) is 0 Å². The summed E-state index contributed by atoms with van der Waals surface area (Å²) in [7, 11) is 0. The molecule has 0 fully saturated rings. The normalized spacial score (nSPS) is 13.1. The van der Waals surface area contributed by atoms with Crippen LogP contribution in [0.25, 0.3) is 22.2 Å². The molecule has 0 saturated carbocycles. The molecule has 1 aromatic heterocycles. The second-order valence-electron chi connectivity index (χ2n) is 7.64. The number of nitrogens with zero attached hydrogens (tertiary/aromatic N) is 4. The number of hydrogen-bond donors (Lipinski definition) is 0. The Bertz CT molecular complexity index is 1240. The molecule has 2 heterocycles. The summed E-state index contributed by atoms with van der Waals surface area (Å²) in [6.07, 6.45) is 7.15. The Hall–Kier alpha value is -3.18. The van der Waals surface area contributed by atoms with Crippen LogP contribution in [0.2, 0.25) is 0 Å². The zero-order chi connectivity index (χ0) is 20.9. The number of thioether (sulfide) groups is 1. The molecule has 3 aromatic carbocycles. The standard InChI is InChI=1S/C26H24N4S/c1-2-8-20(9-3-1)19-31-26-29-28-25(30(26)17-7-13-24-12-6-16-27-24)23-15-14-21-10-4-5-11-22(21)18-23/h1-5,8-12,14-16,18H,6-7,13,17,19H2. The maximum Gasteiger partial charge on any atom is 0.191 e. The van der Waals surface area contributed by atoms with Gasteiger partial charge in [-0.1, -0.05) is 84.6 Å². The van der Waals surface area contributed by atoms with Crippen molar-refractivity contribution in [3.63, 3.8) is 0 Å². The van der Waals surface area contributed by atoms with Crippen molar-refractivity contribution >= 4 is 28.7 Å². The van der Waals surface area contributed by atoms with Gasteiger partial charge in [-0.3, -0.25) is 4.99 Å². The van der Waals surface area contributed by atoms with Gasteiger partial charge in [0.05, 0.1) is 0 Å². The summed E-state index contributed by atoms with van der Waals surface area (Å²) in [5.74, 6) is 1.82. The van der Waals surface area contributed by atoms with Crippen molar-refractivity contribution in [2.45, 2.75) is 36.7 Å². The third-order valence-corrected chi connectivity index (χ3v) is 6.50. The largest absolute Gasteiger partial charge is 0.302 e. The first kappa shape index (κ1) is 19.8. The summed E-state index contributed by atoms with van der Waals surface area (Å²) in [5, 5.41) is 12.6. The lowest BCUT2D eigenvalue weighted by atomic mass is 10.1. The van der Waals surface area contributed by atoms with Gasteiger partial charge in [-0.2, -0.15) is 0 Å². The molecule has 4 nitrogen and oxygen atoms in total. The van der Waals surface area contributed by atoms with E-state index in [1.165, 1.54) is 22.0 Å². The fourth-order valence-electron chi connectivity index (χ4n) is 3.86. The van der Waals surface area contributed by atoms with Crippen molar-refractivity contribution in [3.05, 3.63) is 90.1 Å². The van der Waals surface area contributed by atoms with Gasteiger partial charge in [-0.05, 0) is 35.2 Å². The lowest BCUT2D eigenvalue weighted by Gasteiger charge is -2.11. The third-order valence-electron chi connectivity index (χ3n) is 5.47. The van der Waals surface area contributed by atoms with Crippen molar-refractivity contribution in [1.29, 1.82) is 0 Å². The molecule has 0 spiro atoms. The van der Waals surface area contributed by atoms with Crippen LogP contribution in [-0.4, -0.2) is 21.0 Å². The molecule has 0 atom stereocenters. The topological polar surface area (TPSA) is 43.1 Å². The van der Waals surface area contributed by atoms with Crippen LogP contribution >= 0.6 is 11.8 Å².